The Bertz CT molecular complexity index is 742. The van der Waals surface area contributed by atoms with Gasteiger partial charge in [0.2, 0.25) is 0 Å². The van der Waals surface area contributed by atoms with Crippen LogP contribution in [0.25, 0.3) is 10.9 Å². The van der Waals surface area contributed by atoms with E-state index in [4.69, 9.17) is 0 Å². The van der Waals surface area contributed by atoms with E-state index in [1.165, 1.54) is 5.56 Å². The molecule has 2 aromatic heterocycles. The Morgan fingerprint density at radius 2 is 2.16 bits per heavy atom. The number of rotatable bonds is 3. The molecular weight excluding hydrogens is 254 g/mol. The summed E-state index contributed by atoms with van der Waals surface area (Å²) in [6.45, 7) is 0.684. The minimum Gasteiger partial charge on any atom is -0.365 e. The van der Waals surface area contributed by atoms with Gasteiger partial charge in [-0.25, -0.2) is 4.98 Å². The van der Waals surface area contributed by atoms with Crippen LogP contribution in [0.4, 0.5) is 5.82 Å². The van der Waals surface area contributed by atoms with E-state index in [0.717, 1.165) is 10.9 Å². The molecule has 0 aliphatic rings. The highest BCUT2D eigenvalue weighted by Gasteiger charge is 2.06. The standard InChI is InChI=1S/C15H11N3S/c16-8-13-7-12-3-1-2-4-14(12)18-15(13)17-9-11-5-6-19-10-11/h1-7,10H,9H2,(H,17,18). The zero-order valence-corrected chi connectivity index (χ0v) is 10.9. The SMILES string of the molecule is N#Cc1cc2ccccc2nc1NCc1ccsc1. The van der Waals surface area contributed by atoms with Crippen LogP contribution in [0.2, 0.25) is 0 Å². The summed E-state index contributed by atoms with van der Waals surface area (Å²) in [6.07, 6.45) is 0. The average Bonchev–Trinajstić information content (AvgIpc) is 2.97. The lowest BCUT2D eigenvalue weighted by molar-refractivity contribution is 1.13. The van der Waals surface area contributed by atoms with Gasteiger partial charge in [0.25, 0.3) is 0 Å². The van der Waals surface area contributed by atoms with E-state index >= 15 is 0 Å². The summed E-state index contributed by atoms with van der Waals surface area (Å²) in [6, 6.07) is 13.9. The molecule has 0 radical (unpaired) electrons. The first-order chi connectivity index (χ1) is 9.36. The van der Waals surface area contributed by atoms with Gasteiger partial charge >= 0.3 is 0 Å². The molecule has 0 atom stereocenters. The fourth-order valence-electron chi connectivity index (χ4n) is 1.91. The number of benzene rings is 1. The van der Waals surface area contributed by atoms with Crippen LogP contribution in [0.5, 0.6) is 0 Å². The van der Waals surface area contributed by atoms with Crippen molar-refractivity contribution in [1.82, 2.24) is 4.98 Å². The maximum atomic E-state index is 9.21. The Hall–Kier alpha value is -2.38. The van der Waals surface area contributed by atoms with Gasteiger partial charge in [0.1, 0.15) is 11.9 Å². The Morgan fingerprint density at radius 1 is 1.26 bits per heavy atom. The molecule has 0 fully saturated rings. The van der Waals surface area contributed by atoms with Crippen LogP contribution in [0, 0.1) is 11.3 Å². The molecule has 3 aromatic rings. The number of anilines is 1. The number of nitrogens with one attached hydrogen (secondary N) is 1. The van der Waals surface area contributed by atoms with Crippen LogP contribution < -0.4 is 5.32 Å². The minimum absolute atomic E-state index is 0.578. The third-order valence-electron chi connectivity index (χ3n) is 2.88. The number of thiophene rings is 1. The molecule has 2 heterocycles. The van der Waals surface area contributed by atoms with Gasteiger partial charge in [-0.05, 0) is 34.5 Å². The molecule has 0 saturated heterocycles. The van der Waals surface area contributed by atoms with Crippen molar-refractivity contribution in [1.29, 1.82) is 5.26 Å². The fourth-order valence-corrected chi connectivity index (χ4v) is 2.58. The predicted octanol–water partition coefficient (Wildman–Crippen LogP) is 3.78. The van der Waals surface area contributed by atoms with E-state index in [2.05, 4.69) is 27.8 Å². The molecular formula is C15H11N3S. The smallest absolute Gasteiger partial charge is 0.144 e. The van der Waals surface area contributed by atoms with E-state index < -0.39 is 0 Å². The summed E-state index contributed by atoms with van der Waals surface area (Å²) < 4.78 is 0. The molecule has 0 spiro atoms. The maximum absolute atomic E-state index is 9.21. The third kappa shape index (κ3) is 2.42. The number of hydrogen-bond donors (Lipinski definition) is 1. The molecule has 92 valence electrons. The second kappa shape index (κ2) is 5.09. The van der Waals surface area contributed by atoms with E-state index in [-0.39, 0.29) is 0 Å². The van der Waals surface area contributed by atoms with Crippen molar-refractivity contribution in [2.24, 2.45) is 0 Å². The molecule has 0 saturated carbocycles. The van der Waals surface area contributed by atoms with Crippen LogP contribution in [0.3, 0.4) is 0 Å². The Kier molecular flexibility index (Phi) is 3.13. The summed E-state index contributed by atoms with van der Waals surface area (Å²) in [5.41, 5.74) is 2.67. The Balaban J connectivity index is 1.95. The molecule has 1 N–H and O–H groups in total. The number of nitrogens with zero attached hydrogens (tertiary/aromatic N) is 2. The van der Waals surface area contributed by atoms with Gasteiger partial charge in [0.05, 0.1) is 11.1 Å². The quantitative estimate of drug-likeness (QED) is 0.784. The fraction of sp³-hybridized carbons (Fsp3) is 0.0667. The van der Waals surface area contributed by atoms with Gasteiger partial charge in [0.15, 0.2) is 0 Å². The number of hydrogen-bond acceptors (Lipinski definition) is 4. The van der Waals surface area contributed by atoms with E-state index in [1.54, 1.807) is 11.3 Å². The lowest BCUT2D eigenvalue weighted by Gasteiger charge is -2.07. The number of pyridine rings is 1. The summed E-state index contributed by atoms with van der Waals surface area (Å²) in [7, 11) is 0. The topological polar surface area (TPSA) is 48.7 Å². The molecule has 0 amide bonds. The zero-order chi connectivity index (χ0) is 13.1. The zero-order valence-electron chi connectivity index (χ0n) is 10.1. The summed E-state index contributed by atoms with van der Waals surface area (Å²) >= 11 is 1.66. The average molecular weight is 265 g/mol. The minimum atomic E-state index is 0.578. The molecule has 19 heavy (non-hydrogen) atoms. The first-order valence-electron chi connectivity index (χ1n) is 5.91. The monoisotopic (exact) mass is 265 g/mol. The van der Waals surface area contributed by atoms with Gasteiger partial charge in [0, 0.05) is 11.9 Å². The van der Waals surface area contributed by atoms with Crippen molar-refractivity contribution >= 4 is 28.1 Å². The van der Waals surface area contributed by atoms with Crippen LogP contribution in [0.1, 0.15) is 11.1 Å². The first kappa shape index (κ1) is 11.7. The van der Waals surface area contributed by atoms with Crippen molar-refractivity contribution in [2.45, 2.75) is 6.54 Å². The highest BCUT2D eigenvalue weighted by Crippen LogP contribution is 2.20. The third-order valence-corrected chi connectivity index (χ3v) is 3.62. The largest absolute Gasteiger partial charge is 0.365 e. The first-order valence-corrected chi connectivity index (χ1v) is 6.86. The van der Waals surface area contributed by atoms with Gasteiger partial charge in [-0.15, -0.1) is 0 Å². The lowest BCUT2D eigenvalue weighted by atomic mass is 10.1. The summed E-state index contributed by atoms with van der Waals surface area (Å²) in [4.78, 5) is 4.52. The van der Waals surface area contributed by atoms with Crippen molar-refractivity contribution in [3.63, 3.8) is 0 Å². The molecule has 0 bridgehead atoms. The van der Waals surface area contributed by atoms with E-state index in [9.17, 15) is 5.26 Å². The van der Waals surface area contributed by atoms with Crippen LogP contribution in [0.15, 0.2) is 47.2 Å². The number of nitriles is 1. The highest BCUT2D eigenvalue weighted by molar-refractivity contribution is 7.07. The van der Waals surface area contributed by atoms with Gasteiger partial charge in [-0.2, -0.15) is 16.6 Å². The van der Waals surface area contributed by atoms with Gasteiger partial charge < -0.3 is 5.32 Å². The molecule has 3 nitrogen and oxygen atoms in total. The van der Waals surface area contributed by atoms with E-state index in [1.807, 2.05) is 35.7 Å². The lowest BCUT2D eigenvalue weighted by Crippen LogP contribution is -2.03. The second-order valence-corrected chi connectivity index (χ2v) is 4.95. The molecule has 4 heteroatoms. The summed E-state index contributed by atoms with van der Waals surface area (Å²) in [5.74, 6) is 0.646. The maximum Gasteiger partial charge on any atom is 0.144 e. The van der Waals surface area contributed by atoms with Crippen molar-refractivity contribution < 1.29 is 0 Å². The highest BCUT2D eigenvalue weighted by atomic mass is 32.1. The molecule has 0 unspecified atom stereocenters. The van der Waals surface area contributed by atoms with Gasteiger partial charge in [-0.1, -0.05) is 18.2 Å². The Morgan fingerprint density at radius 3 is 2.95 bits per heavy atom. The number of fused-ring (bicyclic) bond motifs is 1. The number of aromatic nitrogens is 1. The van der Waals surface area contributed by atoms with Crippen LogP contribution in [-0.2, 0) is 6.54 Å². The predicted molar refractivity (Wildman–Crippen MR) is 78.1 cm³/mol. The molecule has 1 aromatic carbocycles. The molecule has 0 aliphatic carbocycles. The van der Waals surface area contributed by atoms with Crippen molar-refractivity contribution in [2.75, 3.05) is 5.32 Å². The summed E-state index contributed by atoms with van der Waals surface area (Å²) in [5, 5.41) is 17.5. The van der Waals surface area contributed by atoms with Gasteiger partial charge in [-0.3, -0.25) is 0 Å². The normalized spacial score (nSPS) is 10.3. The van der Waals surface area contributed by atoms with Crippen LogP contribution in [-0.4, -0.2) is 4.98 Å². The molecule has 3 rings (SSSR count). The second-order valence-electron chi connectivity index (χ2n) is 4.17. The van der Waals surface area contributed by atoms with Crippen molar-refractivity contribution in [3.05, 3.63) is 58.3 Å². The van der Waals surface area contributed by atoms with Crippen molar-refractivity contribution in [3.8, 4) is 6.07 Å². The Labute approximate surface area is 115 Å². The number of para-hydroxylation sites is 1. The van der Waals surface area contributed by atoms with E-state index in [0.29, 0.717) is 17.9 Å². The molecule has 0 aliphatic heterocycles. The van der Waals surface area contributed by atoms with Crippen LogP contribution >= 0.6 is 11.3 Å².